The van der Waals surface area contributed by atoms with Gasteiger partial charge in [0.05, 0.1) is 0 Å². The molecule has 0 radical (unpaired) electrons. The molecule has 2 N–H and O–H groups in total. The van der Waals surface area contributed by atoms with Gasteiger partial charge >= 0.3 is 0 Å². The molecule has 0 amide bonds. The van der Waals surface area contributed by atoms with Crippen LogP contribution in [0.5, 0.6) is 11.5 Å². The highest BCUT2D eigenvalue weighted by molar-refractivity contribution is 5.57. The van der Waals surface area contributed by atoms with Crippen molar-refractivity contribution in [3.05, 3.63) is 18.2 Å². The summed E-state index contributed by atoms with van der Waals surface area (Å²) in [6.07, 6.45) is 0. The van der Waals surface area contributed by atoms with Crippen molar-refractivity contribution in [2.24, 2.45) is 4.99 Å². The van der Waals surface area contributed by atoms with E-state index in [0.29, 0.717) is 5.69 Å². The van der Waals surface area contributed by atoms with Crippen LogP contribution in [0, 0.1) is 0 Å². The fraction of sp³-hybridized carbons (Fsp3) is 0. The topological polar surface area (TPSA) is 52.8 Å². The second-order valence-corrected chi connectivity index (χ2v) is 1.83. The van der Waals surface area contributed by atoms with Crippen molar-refractivity contribution < 1.29 is 10.2 Å². The van der Waals surface area contributed by atoms with Crippen molar-refractivity contribution in [3.63, 3.8) is 0 Å². The lowest BCUT2D eigenvalue weighted by Gasteiger charge is -1.96. The van der Waals surface area contributed by atoms with E-state index in [4.69, 9.17) is 10.2 Å². The van der Waals surface area contributed by atoms with E-state index in [9.17, 15) is 0 Å². The molecule has 1 aromatic carbocycles. The Morgan fingerprint density at radius 1 is 1.30 bits per heavy atom. The molecular formula is C7H7NO2. The first-order valence-electron chi connectivity index (χ1n) is 2.73. The summed E-state index contributed by atoms with van der Waals surface area (Å²) in [4.78, 5) is 3.47. The molecule has 0 saturated heterocycles. The Kier molecular flexibility index (Phi) is 1.58. The smallest absolute Gasteiger partial charge is 0.141 e. The number of hydrogen-bond donors (Lipinski definition) is 2. The molecular weight excluding hydrogens is 130 g/mol. The lowest BCUT2D eigenvalue weighted by molar-refractivity contribution is 0.461. The number of hydrogen-bond acceptors (Lipinski definition) is 3. The van der Waals surface area contributed by atoms with Crippen molar-refractivity contribution in [1.82, 2.24) is 0 Å². The van der Waals surface area contributed by atoms with Crippen LogP contribution in [0.25, 0.3) is 0 Å². The van der Waals surface area contributed by atoms with Gasteiger partial charge in [0.2, 0.25) is 0 Å². The van der Waals surface area contributed by atoms with Crippen LogP contribution in [-0.4, -0.2) is 16.9 Å². The fourth-order valence-electron chi connectivity index (χ4n) is 0.638. The van der Waals surface area contributed by atoms with Crippen LogP contribution < -0.4 is 0 Å². The molecule has 0 heterocycles. The number of phenolic OH excluding ortho intramolecular Hbond substituents is 2. The minimum absolute atomic E-state index is 0.0211. The summed E-state index contributed by atoms with van der Waals surface area (Å²) < 4.78 is 0. The maximum atomic E-state index is 8.99. The van der Waals surface area contributed by atoms with Crippen molar-refractivity contribution in [1.29, 1.82) is 0 Å². The average molecular weight is 137 g/mol. The molecule has 0 saturated carbocycles. The maximum absolute atomic E-state index is 8.99. The number of aromatic hydroxyl groups is 2. The molecule has 10 heavy (non-hydrogen) atoms. The van der Waals surface area contributed by atoms with Crippen LogP contribution in [0.15, 0.2) is 23.2 Å². The lowest BCUT2D eigenvalue weighted by Crippen LogP contribution is -1.67. The normalized spacial score (nSPS) is 9.20. The predicted octanol–water partition coefficient (Wildman–Crippen LogP) is 1.43. The van der Waals surface area contributed by atoms with Crippen LogP contribution in [0.2, 0.25) is 0 Å². The van der Waals surface area contributed by atoms with E-state index >= 15 is 0 Å². The van der Waals surface area contributed by atoms with Gasteiger partial charge in [-0.1, -0.05) is 0 Å². The SMILES string of the molecule is C=Nc1cc(O)ccc1O. The van der Waals surface area contributed by atoms with E-state index in [1.54, 1.807) is 0 Å². The molecule has 1 aromatic rings. The van der Waals surface area contributed by atoms with Crippen LogP contribution in [0.4, 0.5) is 5.69 Å². The van der Waals surface area contributed by atoms with Gasteiger partial charge in [-0.05, 0) is 18.9 Å². The largest absolute Gasteiger partial charge is 0.508 e. The van der Waals surface area contributed by atoms with Gasteiger partial charge in [0.1, 0.15) is 17.2 Å². The molecule has 0 spiro atoms. The van der Waals surface area contributed by atoms with Gasteiger partial charge in [-0.3, -0.25) is 4.99 Å². The number of aliphatic imine (C=N–C) groups is 1. The monoisotopic (exact) mass is 137 g/mol. The summed E-state index contributed by atoms with van der Waals surface area (Å²) in [5.41, 5.74) is 0.292. The standard InChI is InChI=1S/C7H7NO2/c1-8-6-4-5(9)2-3-7(6)10/h2-4,9-10H,1H2. The fourth-order valence-corrected chi connectivity index (χ4v) is 0.638. The Morgan fingerprint density at radius 3 is 2.50 bits per heavy atom. The number of benzene rings is 1. The van der Waals surface area contributed by atoms with Crippen LogP contribution in [0.1, 0.15) is 0 Å². The lowest BCUT2D eigenvalue weighted by atomic mass is 10.3. The molecule has 0 atom stereocenters. The first-order valence-corrected chi connectivity index (χ1v) is 2.73. The predicted molar refractivity (Wildman–Crippen MR) is 39.0 cm³/mol. The van der Waals surface area contributed by atoms with E-state index < -0.39 is 0 Å². The Labute approximate surface area is 58.3 Å². The Morgan fingerprint density at radius 2 is 2.00 bits per heavy atom. The summed E-state index contributed by atoms with van der Waals surface area (Å²) in [5, 5.41) is 17.9. The minimum atomic E-state index is 0.0211. The van der Waals surface area contributed by atoms with E-state index in [-0.39, 0.29) is 11.5 Å². The molecule has 3 nitrogen and oxygen atoms in total. The molecule has 0 aliphatic rings. The van der Waals surface area contributed by atoms with Crippen molar-refractivity contribution in [2.75, 3.05) is 0 Å². The highest BCUT2D eigenvalue weighted by Gasteiger charge is 1.97. The van der Waals surface area contributed by atoms with Crippen LogP contribution in [-0.2, 0) is 0 Å². The van der Waals surface area contributed by atoms with E-state index in [1.165, 1.54) is 18.2 Å². The van der Waals surface area contributed by atoms with Gasteiger partial charge in [0, 0.05) is 6.07 Å². The summed E-state index contributed by atoms with van der Waals surface area (Å²) in [7, 11) is 0. The Balaban J connectivity index is 3.21. The zero-order valence-corrected chi connectivity index (χ0v) is 5.28. The third kappa shape index (κ3) is 1.07. The maximum Gasteiger partial charge on any atom is 0.141 e. The van der Waals surface area contributed by atoms with Gasteiger partial charge in [-0.25, -0.2) is 0 Å². The van der Waals surface area contributed by atoms with Gasteiger partial charge in [0.15, 0.2) is 0 Å². The minimum Gasteiger partial charge on any atom is -0.508 e. The van der Waals surface area contributed by atoms with E-state index in [1.807, 2.05) is 0 Å². The number of phenols is 2. The first kappa shape index (κ1) is 6.61. The molecule has 52 valence electrons. The summed E-state index contributed by atoms with van der Waals surface area (Å²) in [6.45, 7) is 3.21. The quantitative estimate of drug-likeness (QED) is 0.454. The highest BCUT2D eigenvalue weighted by atomic mass is 16.3. The van der Waals surface area contributed by atoms with Gasteiger partial charge < -0.3 is 10.2 Å². The molecule has 0 aromatic heterocycles. The van der Waals surface area contributed by atoms with Crippen molar-refractivity contribution in [3.8, 4) is 11.5 Å². The molecule has 0 bridgehead atoms. The van der Waals surface area contributed by atoms with Crippen molar-refractivity contribution >= 4 is 12.4 Å². The first-order chi connectivity index (χ1) is 4.74. The molecule has 0 unspecified atom stereocenters. The Hall–Kier alpha value is -1.51. The third-order valence-electron chi connectivity index (χ3n) is 1.13. The average Bonchev–Trinajstić information content (AvgIpc) is 1.94. The Bertz CT molecular complexity index is 258. The molecule has 0 aliphatic heterocycles. The van der Waals surface area contributed by atoms with Gasteiger partial charge in [-0.15, -0.1) is 0 Å². The third-order valence-corrected chi connectivity index (χ3v) is 1.13. The summed E-state index contributed by atoms with van der Waals surface area (Å²) >= 11 is 0. The summed E-state index contributed by atoms with van der Waals surface area (Å²) in [6, 6.07) is 4.08. The highest BCUT2D eigenvalue weighted by Crippen LogP contribution is 2.28. The van der Waals surface area contributed by atoms with Crippen molar-refractivity contribution in [2.45, 2.75) is 0 Å². The zero-order valence-electron chi connectivity index (χ0n) is 5.28. The second-order valence-electron chi connectivity index (χ2n) is 1.83. The number of nitrogens with zero attached hydrogens (tertiary/aromatic N) is 1. The van der Waals surface area contributed by atoms with E-state index in [0.717, 1.165) is 0 Å². The molecule has 0 fully saturated rings. The molecule has 3 heteroatoms. The number of rotatable bonds is 1. The van der Waals surface area contributed by atoms with Crippen LogP contribution >= 0.6 is 0 Å². The second kappa shape index (κ2) is 2.39. The molecule has 1 rings (SSSR count). The summed E-state index contributed by atoms with van der Waals surface area (Å²) in [5.74, 6) is 0.0907. The van der Waals surface area contributed by atoms with Gasteiger partial charge in [-0.2, -0.15) is 0 Å². The van der Waals surface area contributed by atoms with Crippen LogP contribution in [0.3, 0.4) is 0 Å². The zero-order chi connectivity index (χ0) is 7.56. The van der Waals surface area contributed by atoms with Gasteiger partial charge in [0.25, 0.3) is 0 Å². The molecule has 0 aliphatic carbocycles. The van der Waals surface area contributed by atoms with E-state index in [2.05, 4.69) is 11.7 Å².